The summed E-state index contributed by atoms with van der Waals surface area (Å²) in [5, 5.41) is 0. The van der Waals surface area contributed by atoms with E-state index in [1.807, 2.05) is 30.3 Å². The fourth-order valence-corrected chi connectivity index (χ4v) is 3.56. The van der Waals surface area contributed by atoms with Crippen molar-refractivity contribution in [3.05, 3.63) is 103 Å². The summed E-state index contributed by atoms with van der Waals surface area (Å²) in [5.74, 6) is 1.73. The molecule has 0 saturated carbocycles. The van der Waals surface area contributed by atoms with Crippen molar-refractivity contribution in [2.45, 2.75) is 6.92 Å². The maximum Gasteiger partial charge on any atom is 0.152 e. The summed E-state index contributed by atoms with van der Waals surface area (Å²) in [6.07, 6.45) is 0. The van der Waals surface area contributed by atoms with Crippen molar-refractivity contribution in [2.75, 3.05) is 4.90 Å². The van der Waals surface area contributed by atoms with Crippen molar-refractivity contribution in [3.8, 4) is 22.6 Å². The molecule has 0 fully saturated rings. The largest absolute Gasteiger partial charge is 0.453 e. The van der Waals surface area contributed by atoms with E-state index in [0.717, 1.165) is 39.7 Å². The van der Waals surface area contributed by atoms with Crippen LogP contribution in [0.5, 0.6) is 11.5 Å². The molecule has 129 valence electrons. The first-order valence-corrected chi connectivity index (χ1v) is 9.04. The predicted octanol–water partition coefficient (Wildman–Crippen LogP) is 7.04. The van der Waals surface area contributed by atoms with Crippen LogP contribution in [0.4, 0.5) is 17.1 Å². The predicted molar refractivity (Wildman–Crippen MR) is 110 cm³/mol. The summed E-state index contributed by atoms with van der Waals surface area (Å²) in [6, 6.07) is 34.2. The number of anilines is 3. The summed E-state index contributed by atoms with van der Waals surface area (Å²) < 4.78 is 6.27. The van der Waals surface area contributed by atoms with Gasteiger partial charge in [0.25, 0.3) is 0 Å². The van der Waals surface area contributed by atoms with Crippen molar-refractivity contribution in [3.63, 3.8) is 0 Å². The molecule has 1 radical (unpaired) electrons. The molecule has 1 aliphatic heterocycles. The minimum atomic E-state index is 0.862. The number of hydrogen-bond donors (Lipinski definition) is 0. The Kier molecular flexibility index (Phi) is 3.68. The lowest BCUT2D eigenvalue weighted by Crippen LogP contribution is -2.15. The molecule has 1 heterocycles. The van der Waals surface area contributed by atoms with Crippen molar-refractivity contribution in [1.82, 2.24) is 0 Å². The number of ether oxygens (including phenoxy) is 1. The standard InChI is InChI=1S/C25H18NO/c1-18-8-7-11-21(16-18)26-22-12-5-6-13-24(22)27-25-17-20(14-15-23(25)26)19-9-3-2-4-10-19/h3-17H,1H3. The molecule has 2 nitrogen and oxygen atoms in total. The zero-order valence-electron chi connectivity index (χ0n) is 15.0. The summed E-state index contributed by atoms with van der Waals surface area (Å²) in [6.45, 7) is 2.12. The SMILES string of the molecule is Cc1cccc(N2c3ccccc3Oc3cc(-c4cc[c]cc4)ccc32)c1. The number of rotatable bonds is 2. The Morgan fingerprint density at radius 3 is 2.37 bits per heavy atom. The quantitative estimate of drug-likeness (QED) is 0.339. The van der Waals surface area contributed by atoms with E-state index in [1.54, 1.807) is 0 Å². The van der Waals surface area contributed by atoms with Crippen LogP contribution in [0.1, 0.15) is 5.56 Å². The third-order valence-electron chi connectivity index (χ3n) is 4.84. The Bertz CT molecular complexity index is 1120. The molecular formula is C25H18NO. The highest BCUT2D eigenvalue weighted by Crippen LogP contribution is 2.51. The lowest BCUT2D eigenvalue weighted by atomic mass is 10.0. The zero-order valence-corrected chi connectivity index (χ0v) is 15.0. The van der Waals surface area contributed by atoms with Gasteiger partial charge in [-0.3, -0.25) is 0 Å². The van der Waals surface area contributed by atoms with Gasteiger partial charge in [-0.05, 0) is 66.1 Å². The number of para-hydroxylation sites is 2. The molecule has 4 aromatic carbocycles. The molecule has 0 aliphatic carbocycles. The van der Waals surface area contributed by atoms with Gasteiger partial charge in [-0.25, -0.2) is 0 Å². The molecule has 0 bridgehead atoms. The van der Waals surface area contributed by atoms with Gasteiger partial charge >= 0.3 is 0 Å². The van der Waals surface area contributed by atoms with Crippen LogP contribution in [0.15, 0.2) is 91.0 Å². The number of fused-ring (bicyclic) bond motifs is 2. The highest BCUT2D eigenvalue weighted by atomic mass is 16.5. The Balaban J connectivity index is 1.69. The number of nitrogens with zero attached hydrogens (tertiary/aromatic N) is 1. The molecule has 4 aromatic rings. The molecule has 0 saturated heterocycles. The summed E-state index contributed by atoms with van der Waals surface area (Å²) >= 11 is 0. The van der Waals surface area contributed by atoms with Crippen LogP contribution in [0.2, 0.25) is 0 Å². The third kappa shape index (κ3) is 2.76. The highest BCUT2D eigenvalue weighted by molar-refractivity contribution is 5.87. The van der Waals surface area contributed by atoms with Gasteiger partial charge in [0.05, 0.1) is 11.4 Å². The smallest absolute Gasteiger partial charge is 0.152 e. The molecule has 0 unspecified atom stereocenters. The first-order chi connectivity index (χ1) is 13.3. The fraction of sp³-hybridized carbons (Fsp3) is 0.0400. The second kappa shape index (κ2) is 6.33. The molecule has 0 N–H and O–H groups in total. The topological polar surface area (TPSA) is 12.5 Å². The van der Waals surface area contributed by atoms with Crippen molar-refractivity contribution in [2.24, 2.45) is 0 Å². The Morgan fingerprint density at radius 2 is 1.52 bits per heavy atom. The van der Waals surface area contributed by atoms with Crippen LogP contribution in [-0.2, 0) is 0 Å². The fourth-order valence-electron chi connectivity index (χ4n) is 3.56. The van der Waals surface area contributed by atoms with E-state index in [9.17, 15) is 0 Å². The molecule has 5 rings (SSSR count). The van der Waals surface area contributed by atoms with Gasteiger partial charge in [0, 0.05) is 5.69 Å². The van der Waals surface area contributed by atoms with Gasteiger partial charge in [-0.1, -0.05) is 54.6 Å². The number of benzene rings is 4. The van der Waals surface area contributed by atoms with Gasteiger partial charge < -0.3 is 9.64 Å². The van der Waals surface area contributed by atoms with Crippen molar-refractivity contribution < 1.29 is 4.74 Å². The second-order valence-electron chi connectivity index (χ2n) is 6.72. The van der Waals surface area contributed by atoms with Crippen LogP contribution in [-0.4, -0.2) is 0 Å². The van der Waals surface area contributed by atoms with Crippen molar-refractivity contribution >= 4 is 17.1 Å². The first kappa shape index (κ1) is 15.7. The first-order valence-electron chi connectivity index (χ1n) is 9.04. The minimum Gasteiger partial charge on any atom is -0.453 e. The molecule has 0 aromatic heterocycles. The summed E-state index contributed by atoms with van der Waals surface area (Å²) in [4.78, 5) is 2.27. The molecule has 2 heteroatoms. The Morgan fingerprint density at radius 1 is 0.704 bits per heavy atom. The monoisotopic (exact) mass is 348 g/mol. The average molecular weight is 348 g/mol. The lowest BCUT2D eigenvalue weighted by Gasteiger charge is -2.33. The van der Waals surface area contributed by atoms with Gasteiger partial charge in [0.15, 0.2) is 11.5 Å². The van der Waals surface area contributed by atoms with E-state index < -0.39 is 0 Å². The molecule has 0 atom stereocenters. The van der Waals surface area contributed by atoms with E-state index in [-0.39, 0.29) is 0 Å². The lowest BCUT2D eigenvalue weighted by molar-refractivity contribution is 0.477. The van der Waals surface area contributed by atoms with E-state index in [0.29, 0.717) is 0 Å². The highest BCUT2D eigenvalue weighted by Gasteiger charge is 2.25. The summed E-state index contributed by atoms with van der Waals surface area (Å²) in [7, 11) is 0. The van der Waals surface area contributed by atoms with Gasteiger partial charge in [0.2, 0.25) is 0 Å². The van der Waals surface area contributed by atoms with E-state index >= 15 is 0 Å². The maximum atomic E-state index is 6.27. The second-order valence-corrected chi connectivity index (χ2v) is 6.72. The molecule has 27 heavy (non-hydrogen) atoms. The van der Waals surface area contributed by atoms with E-state index in [2.05, 4.69) is 78.6 Å². The van der Waals surface area contributed by atoms with E-state index in [1.165, 1.54) is 5.56 Å². The Labute approximate surface area is 159 Å². The van der Waals surface area contributed by atoms with Crippen LogP contribution in [0.3, 0.4) is 0 Å². The zero-order chi connectivity index (χ0) is 18.2. The maximum absolute atomic E-state index is 6.27. The van der Waals surface area contributed by atoms with Crippen molar-refractivity contribution in [1.29, 1.82) is 0 Å². The molecular weight excluding hydrogens is 330 g/mol. The van der Waals surface area contributed by atoms with Crippen LogP contribution in [0.25, 0.3) is 11.1 Å². The van der Waals surface area contributed by atoms with Crippen LogP contribution < -0.4 is 9.64 Å². The molecule has 0 amide bonds. The van der Waals surface area contributed by atoms with Crippen LogP contribution >= 0.6 is 0 Å². The average Bonchev–Trinajstić information content (AvgIpc) is 2.72. The summed E-state index contributed by atoms with van der Waals surface area (Å²) in [5.41, 5.74) is 6.75. The van der Waals surface area contributed by atoms with E-state index in [4.69, 9.17) is 4.74 Å². The molecule has 0 spiro atoms. The minimum absolute atomic E-state index is 0.862. The number of hydrogen-bond acceptors (Lipinski definition) is 2. The van der Waals surface area contributed by atoms with Gasteiger partial charge in [-0.2, -0.15) is 0 Å². The molecule has 1 aliphatic rings. The Hall–Kier alpha value is -3.52. The van der Waals surface area contributed by atoms with Gasteiger partial charge in [-0.15, -0.1) is 0 Å². The van der Waals surface area contributed by atoms with Gasteiger partial charge in [0.1, 0.15) is 0 Å². The number of aryl methyl sites for hydroxylation is 1. The van der Waals surface area contributed by atoms with Crippen LogP contribution in [0, 0.1) is 13.0 Å². The normalized spacial score (nSPS) is 12.1. The third-order valence-corrected chi connectivity index (χ3v) is 4.84.